The van der Waals surface area contributed by atoms with E-state index in [-0.39, 0.29) is 15.0 Å². The van der Waals surface area contributed by atoms with Gasteiger partial charge in [-0.3, -0.25) is 0 Å². The van der Waals surface area contributed by atoms with Crippen molar-refractivity contribution in [1.29, 1.82) is 5.26 Å². The molecule has 0 radical (unpaired) electrons. The summed E-state index contributed by atoms with van der Waals surface area (Å²) in [5.41, 5.74) is 2.24. The zero-order valence-corrected chi connectivity index (χ0v) is 11.0. The van der Waals surface area contributed by atoms with Gasteiger partial charge in [0.2, 0.25) is 0 Å². The first kappa shape index (κ1) is 9.35. The van der Waals surface area contributed by atoms with Crippen LogP contribution in [0.25, 0.3) is 11.0 Å². The molecule has 0 fully saturated rings. The quantitative estimate of drug-likeness (QED) is 0.672. The second-order valence-electron chi connectivity index (χ2n) is 2.29. The van der Waals surface area contributed by atoms with E-state index in [1.54, 1.807) is 6.07 Å². The summed E-state index contributed by atoms with van der Waals surface area (Å²) in [6.45, 7) is 0. The van der Waals surface area contributed by atoms with Crippen molar-refractivity contribution in [3.8, 4) is 6.07 Å². The minimum absolute atomic E-state index is 0.0680. The van der Waals surface area contributed by atoms with Crippen LogP contribution < -0.4 is 0 Å². The van der Waals surface area contributed by atoms with Crippen molar-refractivity contribution in [2.75, 3.05) is 0 Å². The van der Waals surface area contributed by atoms with Crippen LogP contribution in [0, 0.1) is 11.3 Å². The van der Waals surface area contributed by atoms with Crippen molar-refractivity contribution in [2.45, 2.75) is 0 Å². The van der Waals surface area contributed by atoms with Crippen LogP contribution in [-0.4, -0.2) is 22.9 Å². The van der Waals surface area contributed by atoms with Crippen molar-refractivity contribution in [3.05, 3.63) is 20.6 Å². The number of nitrogens with zero attached hydrogens (tertiary/aromatic N) is 3. The Bertz CT molecular complexity index is 514. The molecule has 0 amide bonds. The average Bonchev–Trinajstić information content (AvgIpc) is 2.60. The number of aromatic nitrogens is 2. The monoisotopic (exact) mass is 365 g/mol. The van der Waals surface area contributed by atoms with E-state index in [0.29, 0.717) is 5.56 Å². The van der Waals surface area contributed by atoms with Gasteiger partial charge in [-0.25, -0.2) is 0 Å². The summed E-state index contributed by atoms with van der Waals surface area (Å²) in [4.78, 5) is 0. The van der Waals surface area contributed by atoms with Crippen LogP contribution >= 0.6 is 31.9 Å². The van der Waals surface area contributed by atoms with Gasteiger partial charge in [-0.2, -0.15) is 0 Å². The predicted molar refractivity (Wildman–Crippen MR) is 56.6 cm³/mol. The Morgan fingerprint density at radius 1 is 1.31 bits per heavy atom. The van der Waals surface area contributed by atoms with Crippen LogP contribution in [-0.2, 0) is 0 Å². The van der Waals surface area contributed by atoms with E-state index in [9.17, 15) is 0 Å². The molecule has 0 saturated carbocycles. The van der Waals surface area contributed by atoms with Crippen LogP contribution in [0.3, 0.4) is 0 Å². The van der Waals surface area contributed by atoms with E-state index in [1.165, 1.54) is 0 Å². The topological polar surface area (TPSA) is 49.6 Å². The standard InChI is InChI=1S/C7HBr2N3Se/c8-4-1-3(2-10)5(9)7-6(4)11-13-12-7/h1H. The molecular weight excluding hydrogens is 365 g/mol. The third-order valence-electron chi connectivity index (χ3n) is 1.55. The molecule has 0 saturated heterocycles. The van der Waals surface area contributed by atoms with Gasteiger partial charge in [0.1, 0.15) is 0 Å². The molecule has 1 aromatic heterocycles. The van der Waals surface area contributed by atoms with Crippen molar-refractivity contribution < 1.29 is 0 Å². The van der Waals surface area contributed by atoms with Crippen molar-refractivity contribution in [2.24, 2.45) is 0 Å². The van der Waals surface area contributed by atoms with Gasteiger partial charge in [-0.15, -0.1) is 0 Å². The van der Waals surface area contributed by atoms with Crippen LogP contribution in [0.5, 0.6) is 0 Å². The van der Waals surface area contributed by atoms with Crippen molar-refractivity contribution >= 4 is 57.9 Å². The third-order valence-corrected chi connectivity index (χ3v) is 4.07. The number of halogens is 2. The maximum absolute atomic E-state index is 8.81. The summed E-state index contributed by atoms with van der Waals surface area (Å²) in [5, 5.41) is 8.81. The molecule has 0 aliphatic heterocycles. The number of nitriles is 1. The van der Waals surface area contributed by atoms with Gasteiger partial charge in [-0.1, -0.05) is 0 Å². The first-order valence-electron chi connectivity index (χ1n) is 3.24. The van der Waals surface area contributed by atoms with Crippen molar-refractivity contribution in [1.82, 2.24) is 7.96 Å². The molecule has 0 atom stereocenters. The average molecular weight is 366 g/mol. The van der Waals surface area contributed by atoms with Gasteiger partial charge in [0.25, 0.3) is 0 Å². The molecule has 2 rings (SSSR count). The first-order chi connectivity index (χ1) is 6.24. The fourth-order valence-corrected chi connectivity index (χ4v) is 3.66. The second-order valence-corrected chi connectivity index (χ2v) is 5.05. The van der Waals surface area contributed by atoms with Gasteiger partial charge in [0.05, 0.1) is 0 Å². The molecule has 2 aromatic rings. The Hall–Kier alpha value is -0.211. The van der Waals surface area contributed by atoms with E-state index in [2.05, 4.69) is 45.9 Å². The third kappa shape index (κ3) is 1.46. The molecule has 0 aliphatic rings. The van der Waals surface area contributed by atoms with Crippen molar-refractivity contribution in [3.63, 3.8) is 0 Å². The van der Waals surface area contributed by atoms with Gasteiger partial charge in [-0.05, 0) is 0 Å². The Morgan fingerprint density at radius 2 is 2.00 bits per heavy atom. The number of rotatable bonds is 0. The molecule has 3 nitrogen and oxygen atoms in total. The summed E-state index contributed by atoms with van der Waals surface area (Å²) >= 11 is 6.63. The van der Waals surface area contributed by atoms with Crippen LogP contribution in [0.4, 0.5) is 0 Å². The number of hydrogen-bond acceptors (Lipinski definition) is 3. The molecule has 6 heteroatoms. The summed E-state index contributed by atoms with van der Waals surface area (Å²) in [7, 11) is 0. The summed E-state index contributed by atoms with van der Waals surface area (Å²) in [6.07, 6.45) is 0. The van der Waals surface area contributed by atoms with E-state index in [1.807, 2.05) is 0 Å². The molecule has 1 aromatic carbocycles. The summed E-state index contributed by atoms with van der Waals surface area (Å²) < 4.78 is 10.1. The van der Waals surface area contributed by atoms with E-state index in [4.69, 9.17) is 5.26 Å². The Labute approximate surface area is 97.2 Å². The fourth-order valence-electron chi connectivity index (χ4n) is 0.957. The predicted octanol–water partition coefficient (Wildman–Crippen LogP) is 2.08. The molecule has 0 N–H and O–H groups in total. The molecule has 0 bridgehead atoms. The number of fused-ring (bicyclic) bond motifs is 1. The molecule has 13 heavy (non-hydrogen) atoms. The summed E-state index contributed by atoms with van der Waals surface area (Å²) in [6, 6.07) is 3.85. The summed E-state index contributed by atoms with van der Waals surface area (Å²) in [5.74, 6) is 0. The van der Waals surface area contributed by atoms with Crippen LogP contribution in [0.15, 0.2) is 15.0 Å². The fraction of sp³-hybridized carbons (Fsp3) is 0. The van der Waals surface area contributed by atoms with E-state index >= 15 is 0 Å². The van der Waals surface area contributed by atoms with Gasteiger partial charge < -0.3 is 0 Å². The molecule has 64 valence electrons. The molecule has 0 aliphatic carbocycles. The SMILES string of the molecule is N#Cc1cc(Br)c2n[se]nc2c1Br. The second kappa shape index (κ2) is 3.50. The molecule has 1 heterocycles. The van der Waals surface area contributed by atoms with Gasteiger partial charge in [0, 0.05) is 0 Å². The van der Waals surface area contributed by atoms with E-state index in [0.717, 1.165) is 20.0 Å². The maximum atomic E-state index is 8.81. The van der Waals surface area contributed by atoms with Gasteiger partial charge in [0.15, 0.2) is 0 Å². The Kier molecular flexibility index (Phi) is 2.52. The molecule has 0 unspecified atom stereocenters. The van der Waals surface area contributed by atoms with Crippen LogP contribution in [0.1, 0.15) is 5.56 Å². The van der Waals surface area contributed by atoms with Gasteiger partial charge >= 0.3 is 97.7 Å². The molecular formula is C7HBr2N3Se. The number of benzene rings is 1. The molecule has 0 spiro atoms. The minimum atomic E-state index is -0.0680. The Balaban J connectivity index is 2.95. The zero-order chi connectivity index (χ0) is 9.42. The Morgan fingerprint density at radius 3 is 2.69 bits per heavy atom. The number of hydrogen-bond donors (Lipinski definition) is 0. The van der Waals surface area contributed by atoms with E-state index < -0.39 is 0 Å². The zero-order valence-electron chi connectivity index (χ0n) is 6.08. The normalized spacial score (nSPS) is 10.2. The van der Waals surface area contributed by atoms with Crippen LogP contribution in [0.2, 0.25) is 0 Å². The first-order valence-corrected chi connectivity index (χ1v) is 6.36.